The Morgan fingerprint density at radius 3 is 2.41 bits per heavy atom. The Morgan fingerprint density at radius 2 is 1.78 bits per heavy atom. The number of likely N-dealkylation sites (tertiary alicyclic amines) is 1. The van der Waals surface area contributed by atoms with Gasteiger partial charge in [-0.2, -0.15) is 0 Å². The molecule has 0 radical (unpaired) electrons. The number of amides is 2. The normalized spacial score (nSPS) is 16.7. The van der Waals surface area contributed by atoms with E-state index in [1.807, 2.05) is 41.3 Å². The molecule has 0 saturated carbocycles. The van der Waals surface area contributed by atoms with Gasteiger partial charge in [-0.25, -0.2) is 0 Å². The van der Waals surface area contributed by atoms with Crippen LogP contribution in [0.3, 0.4) is 0 Å². The predicted molar refractivity (Wildman–Crippen MR) is 111 cm³/mol. The maximum absolute atomic E-state index is 12.5. The molecule has 1 aliphatic heterocycles. The summed E-state index contributed by atoms with van der Waals surface area (Å²) in [6, 6.07) is 10.0. The van der Waals surface area contributed by atoms with Crippen LogP contribution in [0.25, 0.3) is 6.08 Å². The molecular weight excluding hydrogens is 336 g/mol. The number of carbonyl (C=O) groups is 2. The number of piperidine rings is 1. The first kappa shape index (κ1) is 21.2. The fourth-order valence-electron chi connectivity index (χ4n) is 3.46. The molecule has 1 saturated heterocycles. The number of rotatable bonds is 8. The van der Waals surface area contributed by atoms with E-state index < -0.39 is 0 Å². The summed E-state index contributed by atoms with van der Waals surface area (Å²) in [5, 5.41) is 3.16. The zero-order chi connectivity index (χ0) is 19.6. The number of hydrogen-bond acceptors (Lipinski definition) is 2. The molecule has 27 heavy (non-hydrogen) atoms. The maximum Gasteiger partial charge on any atom is 0.246 e. The number of nitrogens with one attached hydrogen (secondary N) is 1. The minimum absolute atomic E-state index is 0.0275. The van der Waals surface area contributed by atoms with Gasteiger partial charge in [-0.15, -0.1) is 0 Å². The second-order valence-electron chi connectivity index (χ2n) is 8.08. The summed E-state index contributed by atoms with van der Waals surface area (Å²) < 4.78 is 0. The number of nitrogens with zero attached hydrogens (tertiary/aromatic N) is 1. The van der Waals surface area contributed by atoms with Crippen LogP contribution in [0.2, 0.25) is 0 Å². The Balaban J connectivity index is 1.71. The van der Waals surface area contributed by atoms with Crippen molar-refractivity contribution in [2.75, 3.05) is 13.1 Å². The largest absolute Gasteiger partial charge is 0.353 e. The zero-order valence-corrected chi connectivity index (χ0v) is 17.0. The van der Waals surface area contributed by atoms with Crippen molar-refractivity contribution in [3.8, 4) is 0 Å². The fourth-order valence-corrected chi connectivity index (χ4v) is 3.46. The highest BCUT2D eigenvalue weighted by molar-refractivity contribution is 5.92. The first-order valence-electron chi connectivity index (χ1n) is 10.3. The van der Waals surface area contributed by atoms with Crippen molar-refractivity contribution in [2.45, 2.75) is 58.9 Å². The zero-order valence-electron chi connectivity index (χ0n) is 17.0. The lowest BCUT2D eigenvalue weighted by Gasteiger charge is -2.31. The third-order valence-electron chi connectivity index (χ3n) is 5.20. The number of hydrogen-bond donors (Lipinski definition) is 1. The molecular formula is C23H34N2O2. The van der Waals surface area contributed by atoms with Crippen LogP contribution < -0.4 is 5.32 Å². The molecule has 1 N–H and O–H groups in total. The van der Waals surface area contributed by atoms with Gasteiger partial charge in [-0.3, -0.25) is 9.59 Å². The van der Waals surface area contributed by atoms with Gasteiger partial charge in [-0.1, -0.05) is 57.0 Å². The maximum atomic E-state index is 12.5. The molecule has 1 aromatic rings. The van der Waals surface area contributed by atoms with Crippen LogP contribution in [0.15, 0.2) is 36.4 Å². The quantitative estimate of drug-likeness (QED) is 0.695. The Kier molecular flexibility index (Phi) is 8.56. The molecule has 4 heteroatoms. The summed E-state index contributed by atoms with van der Waals surface area (Å²) in [7, 11) is 0. The van der Waals surface area contributed by atoms with Crippen molar-refractivity contribution in [1.29, 1.82) is 0 Å². The van der Waals surface area contributed by atoms with Crippen molar-refractivity contribution in [1.82, 2.24) is 10.2 Å². The summed E-state index contributed by atoms with van der Waals surface area (Å²) >= 11 is 0. The Hall–Kier alpha value is -2.10. The minimum Gasteiger partial charge on any atom is -0.353 e. The van der Waals surface area contributed by atoms with Crippen molar-refractivity contribution in [3.05, 3.63) is 42.0 Å². The van der Waals surface area contributed by atoms with Gasteiger partial charge in [0.1, 0.15) is 0 Å². The fraction of sp³-hybridized carbons (Fsp3) is 0.565. The van der Waals surface area contributed by atoms with Crippen molar-refractivity contribution < 1.29 is 9.59 Å². The van der Waals surface area contributed by atoms with Gasteiger partial charge in [0, 0.05) is 31.1 Å². The average molecular weight is 371 g/mol. The Morgan fingerprint density at radius 1 is 1.11 bits per heavy atom. The van der Waals surface area contributed by atoms with Crippen LogP contribution in [-0.2, 0) is 9.59 Å². The minimum atomic E-state index is 0.0275. The summed E-state index contributed by atoms with van der Waals surface area (Å²) in [6.07, 6.45) is 8.36. The van der Waals surface area contributed by atoms with Gasteiger partial charge < -0.3 is 10.2 Å². The molecule has 4 nitrogen and oxygen atoms in total. The molecule has 148 valence electrons. The van der Waals surface area contributed by atoms with Crippen LogP contribution in [0.4, 0.5) is 0 Å². The molecule has 1 fully saturated rings. The average Bonchev–Trinajstić information content (AvgIpc) is 2.66. The summed E-state index contributed by atoms with van der Waals surface area (Å²) in [5.74, 6) is 0.921. The highest BCUT2D eigenvalue weighted by Crippen LogP contribution is 2.19. The first-order chi connectivity index (χ1) is 13.0. The van der Waals surface area contributed by atoms with E-state index in [0.29, 0.717) is 19.0 Å². The van der Waals surface area contributed by atoms with Crippen LogP contribution in [0, 0.1) is 11.8 Å². The molecule has 2 rings (SSSR count). The molecule has 0 bridgehead atoms. The standard InChI is InChI=1S/C23H34N2O2/c1-18(2)8-7-9-19(3)24-23(27)21-14-16-25(17-15-21)22(26)13-12-20-10-5-4-6-11-20/h4-6,10-13,18-19,21H,7-9,14-17H2,1-3H3,(H,24,27)/b13-12+. The first-order valence-corrected chi connectivity index (χ1v) is 10.3. The third kappa shape index (κ3) is 7.58. The van der Waals surface area contributed by atoms with E-state index in [0.717, 1.165) is 31.2 Å². The van der Waals surface area contributed by atoms with Crippen LogP contribution in [0.1, 0.15) is 58.4 Å². The van der Waals surface area contributed by atoms with Gasteiger partial charge in [0.15, 0.2) is 0 Å². The highest BCUT2D eigenvalue weighted by Gasteiger charge is 2.27. The smallest absolute Gasteiger partial charge is 0.246 e. The molecule has 0 aromatic heterocycles. The van der Waals surface area contributed by atoms with Crippen molar-refractivity contribution >= 4 is 17.9 Å². The van der Waals surface area contributed by atoms with Crippen molar-refractivity contribution in [2.24, 2.45) is 11.8 Å². The Labute approximate surface area is 164 Å². The molecule has 0 aliphatic carbocycles. The molecule has 0 spiro atoms. The van der Waals surface area contributed by atoms with Gasteiger partial charge in [0.2, 0.25) is 11.8 Å². The molecule has 1 unspecified atom stereocenters. The van der Waals surface area contributed by atoms with E-state index in [1.165, 1.54) is 6.42 Å². The van der Waals surface area contributed by atoms with E-state index in [-0.39, 0.29) is 23.8 Å². The van der Waals surface area contributed by atoms with E-state index in [9.17, 15) is 9.59 Å². The van der Waals surface area contributed by atoms with E-state index in [4.69, 9.17) is 0 Å². The lowest BCUT2D eigenvalue weighted by molar-refractivity contribution is -0.132. The van der Waals surface area contributed by atoms with Gasteiger partial charge in [-0.05, 0) is 43.7 Å². The lowest BCUT2D eigenvalue weighted by Crippen LogP contribution is -2.44. The van der Waals surface area contributed by atoms with Crippen LogP contribution in [-0.4, -0.2) is 35.8 Å². The van der Waals surface area contributed by atoms with Crippen LogP contribution in [0.5, 0.6) is 0 Å². The lowest BCUT2D eigenvalue weighted by atomic mass is 9.95. The van der Waals surface area contributed by atoms with Gasteiger partial charge in [0.25, 0.3) is 0 Å². The van der Waals surface area contributed by atoms with Gasteiger partial charge in [0.05, 0.1) is 0 Å². The number of benzene rings is 1. The van der Waals surface area contributed by atoms with E-state index in [2.05, 4.69) is 26.1 Å². The summed E-state index contributed by atoms with van der Waals surface area (Å²) in [6.45, 7) is 7.85. The third-order valence-corrected chi connectivity index (χ3v) is 5.20. The second-order valence-corrected chi connectivity index (χ2v) is 8.08. The SMILES string of the molecule is CC(C)CCCC(C)NC(=O)C1CCN(C(=O)/C=C/c2ccccc2)CC1. The van der Waals surface area contributed by atoms with Gasteiger partial charge >= 0.3 is 0 Å². The monoisotopic (exact) mass is 370 g/mol. The molecule has 1 aromatic carbocycles. The molecule has 1 aliphatic rings. The van der Waals surface area contributed by atoms with E-state index in [1.54, 1.807) is 6.08 Å². The van der Waals surface area contributed by atoms with Crippen molar-refractivity contribution in [3.63, 3.8) is 0 Å². The van der Waals surface area contributed by atoms with E-state index >= 15 is 0 Å². The molecule has 1 heterocycles. The topological polar surface area (TPSA) is 49.4 Å². The second kappa shape index (κ2) is 10.9. The highest BCUT2D eigenvalue weighted by atomic mass is 16.2. The molecule has 1 atom stereocenters. The number of carbonyl (C=O) groups excluding carboxylic acids is 2. The predicted octanol–water partition coefficient (Wildman–Crippen LogP) is 4.27. The van der Waals surface area contributed by atoms with Crippen LogP contribution >= 0.6 is 0 Å². The Bertz CT molecular complexity index is 617. The summed E-state index contributed by atoms with van der Waals surface area (Å²) in [4.78, 5) is 26.6. The molecule has 2 amide bonds. The summed E-state index contributed by atoms with van der Waals surface area (Å²) in [5.41, 5.74) is 1.02.